The number of benzene rings is 2. The molecule has 0 radical (unpaired) electrons. The van der Waals surface area contributed by atoms with Gasteiger partial charge in [0, 0.05) is 17.2 Å². The van der Waals surface area contributed by atoms with Crippen LogP contribution in [0.15, 0.2) is 42.5 Å². The molecule has 0 saturated carbocycles. The van der Waals surface area contributed by atoms with Gasteiger partial charge in [-0.3, -0.25) is 9.59 Å². The average molecular weight is 399 g/mol. The largest absolute Gasteiger partial charge is 0.493 e. The van der Waals surface area contributed by atoms with Gasteiger partial charge in [0.25, 0.3) is 5.91 Å². The fourth-order valence-corrected chi connectivity index (χ4v) is 2.66. The molecule has 0 spiro atoms. The van der Waals surface area contributed by atoms with Gasteiger partial charge in [0.2, 0.25) is 5.91 Å². The average Bonchev–Trinajstić information content (AvgIpc) is 2.68. The van der Waals surface area contributed by atoms with E-state index in [4.69, 9.17) is 9.47 Å². The molecule has 1 atom stereocenters. The Balaban J connectivity index is 2.05. The molecule has 2 aromatic rings. The number of ether oxygens (including phenoxy) is 2. The van der Waals surface area contributed by atoms with Gasteiger partial charge < -0.3 is 20.1 Å². The van der Waals surface area contributed by atoms with Crippen molar-refractivity contribution in [1.29, 1.82) is 0 Å². The third-order valence-electron chi connectivity index (χ3n) is 4.34. The highest BCUT2D eigenvalue weighted by molar-refractivity contribution is 5.96. The zero-order valence-electron chi connectivity index (χ0n) is 17.9. The van der Waals surface area contributed by atoms with Crippen LogP contribution in [0.1, 0.15) is 56.6 Å². The third kappa shape index (κ3) is 6.24. The Morgan fingerprint density at radius 2 is 1.55 bits per heavy atom. The van der Waals surface area contributed by atoms with E-state index in [0.717, 1.165) is 5.56 Å². The summed E-state index contributed by atoms with van der Waals surface area (Å²) in [6.07, 6.45) is 0.0418. The number of carbonyl (C=O) groups excluding carboxylic acids is 2. The second-order valence-electron chi connectivity index (χ2n) is 7.49. The van der Waals surface area contributed by atoms with Crippen molar-refractivity contribution in [3.8, 4) is 11.5 Å². The van der Waals surface area contributed by atoms with Crippen molar-refractivity contribution in [2.75, 3.05) is 12.4 Å². The van der Waals surface area contributed by atoms with Crippen LogP contribution in [0.3, 0.4) is 0 Å². The van der Waals surface area contributed by atoms with Crippen molar-refractivity contribution >= 4 is 17.5 Å². The van der Waals surface area contributed by atoms with Crippen LogP contribution in [-0.2, 0) is 4.79 Å². The molecule has 156 valence electrons. The number of methoxy groups -OCH3 is 1. The molecule has 1 unspecified atom stereocenters. The van der Waals surface area contributed by atoms with Gasteiger partial charge in [-0.25, -0.2) is 0 Å². The van der Waals surface area contributed by atoms with Crippen LogP contribution < -0.4 is 20.1 Å². The summed E-state index contributed by atoms with van der Waals surface area (Å²) in [4.78, 5) is 24.3. The molecule has 29 heavy (non-hydrogen) atoms. The molecule has 0 fully saturated rings. The Morgan fingerprint density at radius 3 is 2.10 bits per heavy atom. The zero-order valence-corrected chi connectivity index (χ0v) is 17.9. The van der Waals surface area contributed by atoms with Crippen molar-refractivity contribution in [2.45, 2.75) is 46.8 Å². The van der Waals surface area contributed by atoms with E-state index < -0.39 is 0 Å². The van der Waals surface area contributed by atoms with Crippen LogP contribution in [0.5, 0.6) is 11.5 Å². The lowest BCUT2D eigenvalue weighted by atomic mass is 10.1. The predicted octanol–water partition coefficient (Wildman–Crippen LogP) is 4.57. The highest BCUT2D eigenvalue weighted by Gasteiger charge is 2.15. The molecule has 0 aliphatic rings. The standard InChI is InChI=1S/C23H30N2O4/c1-14(2)22(26)25-19-10-7-17(8-11-19)23(27)24-16(5)18-9-12-20(29-15(3)4)21(13-18)28-6/h7-16H,1-6H3,(H,24,27)(H,25,26). The lowest BCUT2D eigenvalue weighted by Gasteiger charge is -2.18. The maximum Gasteiger partial charge on any atom is 0.251 e. The number of rotatable bonds is 8. The van der Waals surface area contributed by atoms with Gasteiger partial charge in [0.15, 0.2) is 11.5 Å². The molecule has 0 saturated heterocycles. The van der Waals surface area contributed by atoms with Crippen molar-refractivity contribution in [1.82, 2.24) is 5.32 Å². The second-order valence-corrected chi connectivity index (χ2v) is 7.49. The maximum atomic E-state index is 12.6. The Morgan fingerprint density at radius 1 is 0.897 bits per heavy atom. The van der Waals surface area contributed by atoms with E-state index in [1.54, 1.807) is 31.4 Å². The van der Waals surface area contributed by atoms with Crippen LogP contribution in [0.2, 0.25) is 0 Å². The van der Waals surface area contributed by atoms with E-state index >= 15 is 0 Å². The Labute approximate surface area is 172 Å². The molecular formula is C23H30N2O4. The van der Waals surface area contributed by atoms with Gasteiger partial charge >= 0.3 is 0 Å². The third-order valence-corrected chi connectivity index (χ3v) is 4.34. The van der Waals surface area contributed by atoms with Gasteiger partial charge in [-0.2, -0.15) is 0 Å². The normalized spacial score (nSPS) is 11.9. The topological polar surface area (TPSA) is 76.7 Å². The highest BCUT2D eigenvalue weighted by Crippen LogP contribution is 2.31. The lowest BCUT2D eigenvalue weighted by molar-refractivity contribution is -0.118. The van der Waals surface area contributed by atoms with Gasteiger partial charge in [0.05, 0.1) is 19.3 Å². The first-order valence-electron chi connectivity index (χ1n) is 9.77. The summed E-state index contributed by atoms with van der Waals surface area (Å²) in [5.74, 6) is 0.940. The molecule has 6 nitrogen and oxygen atoms in total. The molecule has 2 amide bonds. The van der Waals surface area contributed by atoms with Crippen LogP contribution >= 0.6 is 0 Å². The summed E-state index contributed by atoms with van der Waals surface area (Å²) in [5.41, 5.74) is 2.09. The summed E-state index contributed by atoms with van der Waals surface area (Å²) in [6.45, 7) is 9.47. The maximum absolute atomic E-state index is 12.6. The minimum Gasteiger partial charge on any atom is -0.493 e. The summed E-state index contributed by atoms with van der Waals surface area (Å²) in [5, 5.41) is 5.79. The molecule has 0 bridgehead atoms. The van der Waals surface area contributed by atoms with E-state index in [0.29, 0.717) is 22.7 Å². The minimum absolute atomic E-state index is 0.0418. The van der Waals surface area contributed by atoms with Gasteiger partial charge in [-0.15, -0.1) is 0 Å². The van der Waals surface area contributed by atoms with E-state index in [9.17, 15) is 9.59 Å². The van der Waals surface area contributed by atoms with Crippen molar-refractivity contribution < 1.29 is 19.1 Å². The Hall–Kier alpha value is -3.02. The smallest absolute Gasteiger partial charge is 0.251 e. The fraction of sp³-hybridized carbons (Fsp3) is 0.391. The quantitative estimate of drug-likeness (QED) is 0.683. The Kier molecular flexibility index (Phi) is 7.65. The summed E-state index contributed by atoms with van der Waals surface area (Å²) >= 11 is 0. The molecule has 0 aliphatic heterocycles. The first-order chi connectivity index (χ1) is 13.7. The molecular weight excluding hydrogens is 368 g/mol. The van der Waals surface area contributed by atoms with Crippen molar-refractivity contribution in [3.05, 3.63) is 53.6 Å². The van der Waals surface area contributed by atoms with E-state index in [1.807, 2.05) is 52.8 Å². The van der Waals surface area contributed by atoms with E-state index in [-0.39, 0.29) is 29.9 Å². The van der Waals surface area contributed by atoms with Crippen LogP contribution in [-0.4, -0.2) is 25.0 Å². The molecule has 0 aliphatic carbocycles. The first-order valence-corrected chi connectivity index (χ1v) is 9.77. The lowest BCUT2D eigenvalue weighted by Crippen LogP contribution is -2.26. The SMILES string of the molecule is COc1cc(C(C)NC(=O)c2ccc(NC(=O)C(C)C)cc2)ccc1OC(C)C. The number of hydrogen-bond acceptors (Lipinski definition) is 4. The number of amides is 2. The number of hydrogen-bond donors (Lipinski definition) is 2. The first kappa shape index (κ1) is 22.3. The molecule has 0 heterocycles. The predicted molar refractivity (Wildman–Crippen MR) is 115 cm³/mol. The molecule has 0 aromatic heterocycles. The number of anilines is 1. The molecule has 6 heteroatoms. The summed E-state index contributed by atoms with van der Waals surface area (Å²) in [7, 11) is 1.59. The molecule has 2 rings (SSSR count). The van der Waals surface area contributed by atoms with Crippen LogP contribution in [0, 0.1) is 5.92 Å². The molecule has 2 aromatic carbocycles. The van der Waals surface area contributed by atoms with Crippen LogP contribution in [0.25, 0.3) is 0 Å². The zero-order chi connectivity index (χ0) is 21.6. The van der Waals surface area contributed by atoms with Crippen molar-refractivity contribution in [2.24, 2.45) is 5.92 Å². The fourth-order valence-electron chi connectivity index (χ4n) is 2.66. The number of carbonyl (C=O) groups is 2. The van der Waals surface area contributed by atoms with Crippen LogP contribution in [0.4, 0.5) is 5.69 Å². The van der Waals surface area contributed by atoms with Gasteiger partial charge in [0.1, 0.15) is 0 Å². The summed E-state index contributed by atoms with van der Waals surface area (Å²) < 4.78 is 11.1. The van der Waals surface area contributed by atoms with Gasteiger partial charge in [-0.05, 0) is 62.7 Å². The summed E-state index contributed by atoms with van der Waals surface area (Å²) in [6, 6.07) is 12.2. The second kappa shape index (κ2) is 9.96. The van der Waals surface area contributed by atoms with E-state index in [2.05, 4.69) is 10.6 Å². The number of nitrogens with one attached hydrogen (secondary N) is 2. The minimum atomic E-state index is -0.218. The van der Waals surface area contributed by atoms with Gasteiger partial charge in [-0.1, -0.05) is 19.9 Å². The van der Waals surface area contributed by atoms with Crippen molar-refractivity contribution in [3.63, 3.8) is 0 Å². The van der Waals surface area contributed by atoms with E-state index in [1.165, 1.54) is 0 Å². The monoisotopic (exact) mass is 398 g/mol. The highest BCUT2D eigenvalue weighted by atomic mass is 16.5. The molecule has 2 N–H and O–H groups in total. The Bertz CT molecular complexity index is 844.